The zero-order chi connectivity index (χ0) is 20.2. The van der Waals surface area contributed by atoms with Crippen molar-refractivity contribution in [2.75, 3.05) is 12.4 Å². The molecule has 146 valence electrons. The van der Waals surface area contributed by atoms with E-state index in [9.17, 15) is 9.59 Å². The average molecular weight is 386 g/mol. The van der Waals surface area contributed by atoms with Crippen LogP contribution in [0.4, 0.5) is 5.69 Å². The molecule has 1 N–H and O–H groups in total. The quantitative estimate of drug-likeness (QED) is 0.699. The summed E-state index contributed by atoms with van der Waals surface area (Å²) in [5, 5.41) is 2.95. The summed E-state index contributed by atoms with van der Waals surface area (Å²) < 4.78 is 5.17. The predicted molar refractivity (Wildman–Crippen MR) is 112 cm³/mol. The van der Waals surface area contributed by atoms with Gasteiger partial charge < -0.3 is 15.0 Å². The van der Waals surface area contributed by atoms with E-state index in [-0.39, 0.29) is 11.8 Å². The maximum Gasteiger partial charge on any atom is 0.255 e. The molecule has 2 amide bonds. The summed E-state index contributed by atoms with van der Waals surface area (Å²) in [5.41, 5.74) is 3.29. The van der Waals surface area contributed by atoms with Crippen molar-refractivity contribution in [3.8, 4) is 5.75 Å². The van der Waals surface area contributed by atoms with Gasteiger partial charge in [0.25, 0.3) is 5.91 Å². The Balaban J connectivity index is 1.60. The highest BCUT2D eigenvalue weighted by atomic mass is 16.5. The van der Waals surface area contributed by atoms with Gasteiger partial charge in [0.2, 0.25) is 5.91 Å². The molecular formula is C24H22N2O3. The third-order valence-corrected chi connectivity index (χ3v) is 5.16. The predicted octanol–water partition coefficient (Wildman–Crippen LogP) is 3.90. The molecule has 3 aromatic carbocycles. The van der Waals surface area contributed by atoms with E-state index >= 15 is 0 Å². The molecule has 1 heterocycles. The zero-order valence-corrected chi connectivity index (χ0v) is 16.2. The standard InChI is InChI=1S/C24H22N2O3/c1-29-20-13-11-19(12-14-20)25-23(27)22(15-17-7-3-2-4-8-17)26-16-18-9-5-6-10-21(18)24(26)28/h2-14,22H,15-16H2,1H3,(H,25,27). The summed E-state index contributed by atoms with van der Waals surface area (Å²) >= 11 is 0. The van der Waals surface area contributed by atoms with Gasteiger partial charge in [-0.15, -0.1) is 0 Å². The molecule has 0 aliphatic carbocycles. The van der Waals surface area contributed by atoms with E-state index in [4.69, 9.17) is 4.74 Å². The Morgan fingerprint density at radius 1 is 1.00 bits per heavy atom. The number of hydrogen-bond donors (Lipinski definition) is 1. The maximum atomic E-state index is 13.2. The zero-order valence-electron chi connectivity index (χ0n) is 16.2. The Morgan fingerprint density at radius 2 is 1.69 bits per heavy atom. The number of rotatable bonds is 6. The Labute approximate surface area is 169 Å². The molecule has 0 aromatic heterocycles. The number of amides is 2. The first-order chi connectivity index (χ1) is 14.2. The molecule has 0 spiro atoms. The van der Waals surface area contributed by atoms with E-state index in [1.165, 1.54) is 0 Å². The third kappa shape index (κ3) is 3.99. The lowest BCUT2D eigenvalue weighted by molar-refractivity contribution is -0.120. The van der Waals surface area contributed by atoms with E-state index in [1.807, 2.05) is 54.6 Å². The molecule has 0 bridgehead atoms. The van der Waals surface area contributed by atoms with Gasteiger partial charge in [0, 0.05) is 24.2 Å². The second-order valence-corrected chi connectivity index (χ2v) is 7.01. The Hall–Kier alpha value is -3.60. The number of carbonyl (C=O) groups is 2. The Morgan fingerprint density at radius 3 is 2.38 bits per heavy atom. The number of benzene rings is 3. The van der Waals surface area contributed by atoms with Gasteiger partial charge in [-0.25, -0.2) is 0 Å². The number of methoxy groups -OCH3 is 1. The van der Waals surface area contributed by atoms with Crippen molar-refractivity contribution in [1.82, 2.24) is 4.90 Å². The summed E-state index contributed by atoms with van der Waals surface area (Å²) in [5.74, 6) is 0.403. The number of carbonyl (C=O) groups excluding carboxylic acids is 2. The number of nitrogens with zero attached hydrogens (tertiary/aromatic N) is 1. The van der Waals surface area contributed by atoms with Crippen molar-refractivity contribution in [3.63, 3.8) is 0 Å². The van der Waals surface area contributed by atoms with Crippen LogP contribution in [-0.4, -0.2) is 29.9 Å². The van der Waals surface area contributed by atoms with Gasteiger partial charge in [-0.05, 0) is 41.5 Å². The van der Waals surface area contributed by atoms with Gasteiger partial charge in [0.05, 0.1) is 7.11 Å². The van der Waals surface area contributed by atoms with Crippen LogP contribution < -0.4 is 10.1 Å². The highest BCUT2D eigenvalue weighted by Crippen LogP contribution is 2.26. The van der Waals surface area contributed by atoms with Crippen LogP contribution in [-0.2, 0) is 17.8 Å². The molecule has 29 heavy (non-hydrogen) atoms. The molecule has 0 saturated heterocycles. The molecule has 1 aliphatic rings. The number of ether oxygens (including phenoxy) is 1. The lowest BCUT2D eigenvalue weighted by atomic mass is 10.0. The fourth-order valence-electron chi connectivity index (χ4n) is 3.61. The van der Waals surface area contributed by atoms with Gasteiger partial charge in [0.15, 0.2) is 0 Å². The number of nitrogens with one attached hydrogen (secondary N) is 1. The molecule has 0 fully saturated rings. The van der Waals surface area contributed by atoms with E-state index in [0.29, 0.717) is 30.0 Å². The first-order valence-electron chi connectivity index (χ1n) is 9.53. The Kier molecular flexibility index (Phi) is 5.29. The minimum absolute atomic E-state index is 0.105. The van der Waals surface area contributed by atoms with Crippen LogP contribution in [0, 0.1) is 0 Å². The van der Waals surface area contributed by atoms with Gasteiger partial charge in [-0.3, -0.25) is 9.59 Å². The number of anilines is 1. The first-order valence-corrected chi connectivity index (χ1v) is 9.53. The molecule has 0 saturated carbocycles. The van der Waals surface area contributed by atoms with Crippen molar-refractivity contribution in [3.05, 3.63) is 95.6 Å². The summed E-state index contributed by atoms with van der Waals surface area (Å²) in [4.78, 5) is 27.9. The van der Waals surface area contributed by atoms with Crippen molar-refractivity contribution in [2.24, 2.45) is 0 Å². The lowest BCUT2D eigenvalue weighted by Gasteiger charge is -2.27. The molecule has 5 nitrogen and oxygen atoms in total. The first kappa shape index (κ1) is 18.7. The molecule has 0 radical (unpaired) electrons. The molecule has 1 aliphatic heterocycles. The molecule has 5 heteroatoms. The van der Waals surface area contributed by atoms with Gasteiger partial charge >= 0.3 is 0 Å². The van der Waals surface area contributed by atoms with Crippen molar-refractivity contribution < 1.29 is 14.3 Å². The van der Waals surface area contributed by atoms with Gasteiger partial charge in [-0.1, -0.05) is 48.5 Å². The van der Waals surface area contributed by atoms with Crippen LogP contribution >= 0.6 is 0 Å². The number of fused-ring (bicyclic) bond motifs is 1. The molecule has 1 atom stereocenters. The van der Waals surface area contributed by atoms with Crippen LogP contribution in [0.15, 0.2) is 78.9 Å². The minimum Gasteiger partial charge on any atom is -0.497 e. The normalized spacial score (nSPS) is 13.7. The monoisotopic (exact) mass is 386 g/mol. The summed E-state index contributed by atoms with van der Waals surface area (Å²) in [6.45, 7) is 0.433. The minimum atomic E-state index is -0.612. The van der Waals surface area contributed by atoms with Crippen molar-refractivity contribution in [1.29, 1.82) is 0 Å². The van der Waals surface area contributed by atoms with E-state index in [2.05, 4.69) is 5.32 Å². The van der Waals surface area contributed by atoms with Crippen LogP contribution in [0.1, 0.15) is 21.5 Å². The SMILES string of the molecule is COc1ccc(NC(=O)C(Cc2ccccc2)N2Cc3ccccc3C2=O)cc1. The molecule has 4 rings (SSSR count). The van der Waals surface area contributed by atoms with E-state index < -0.39 is 6.04 Å². The highest BCUT2D eigenvalue weighted by molar-refractivity contribution is 6.03. The molecular weight excluding hydrogens is 364 g/mol. The van der Waals surface area contributed by atoms with E-state index in [1.54, 1.807) is 36.3 Å². The topological polar surface area (TPSA) is 58.6 Å². The fraction of sp³-hybridized carbons (Fsp3) is 0.167. The summed E-state index contributed by atoms with van der Waals surface area (Å²) in [7, 11) is 1.60. The average Bonchev–Trinajstić information content (AvgIpc) is 3.09. The van der Waals surface area contributed by atoms with Crippen molar-refractivity contribution >= 4 is 17.5 Å². The van der Waals surface area contributed by atoms with E-state index in [0.717, 1.165) is 11.1 Å². The van der Waals surface area contributed by atoms with Gasteiger partial charge in [0.1, 0.15) is 11.8 Å². The smallest absolute Gasteiger partial charge is 0.255 e. The van der Waals surface area contributed by atoms with Crippen molar-refractivity contribution in [2.45, 2.75) is 19.0 Å². The lowest BCUT2D eigenvalue weighted by Crippen LogP contribution is -2.45. The van der Waals surface area contributed by atoms with Crippen LogP contribution in [0.25, 0.3) is 0 Å². The maximum absolute atomic E-state index is 13.2. The van der Waals surface area contributed by atoms with Crippen LogP contribution in [0.3, 0.4) is 0 Å². The second-order valence-electron chi connectivity index (χ2n) is 7.01. The second kappa shape index (κ2) is 8.19. The number of hydrogen-bond acceptors (Lipinski definition) is 3. The highest BCUT2D eigenvalue weighted by Gasteiger charge is 2.36. The summed E-state index contributed by atoms with van der Waals surface area (Å²) in [6.07, 6.45) is 0.447. The van der Waals surface area contributed by atoms with Crippen LogP contribution in [0.5, 0.6) is 5.75 Å². The Bertz CT molecular complexity index is 1020. The molecule has 3 aromatic rings. The van der Waals surface area contributed by atoms with Crippen LogP contribution in [0.2, 0.25) is 0 Å². The largest absolute Gasteiger partial charge is 0.497 e. The molecule has 1 unspecified atom stereocenters. The van der Waals surface area contributed by atoms with Gasteiger partial charge in [-0.2, -0.15) is 0 Å². The third-order valence-electron chi connectivity index (χ3n) is 5.16. The fourth-order valence-corrected chi connectivity index (χ4v) is 3.61. The summed E-state index contributed by atoms with van der Waals surface area (Å²) in [6, 6.07) is 23.8.